The monoisotopic (exact) mass is 264 g/mol. The van der Waals surface area contributed by atoms with Crippen LogP contribution in [-0.2, 0) is 0 Å². The Balaban J connectivity index is 1.94. The predicted octanol–water partition coefficient (Wildman–Crippen LogP) is 2.39. The lowest BCUT2D eigenvalue weighted by Crippen LogP contribution is -2.32. The third kappa shape index (κ3) is 3.61. The predicted molar refractivity (Wildman–Crippen MR) is 76.4 cm³/mol. The summed E-state index contributed by atoms with van der Waals surface area (Å²) < 4.78 is 10.7. The fourth-order valence-electron chi connectivity index (χ4n) is 2.32. The van der Waals surface area contributed by atoms with E-state index < -0.39 is 0 Å². The zero-order valence-corrected chi connectivity index (χ0v) is 12.1. The van der Waals surface area contributed by atoms with Crippen LogP contribution >= 0.6 is 0 Å². The van der Waals surface area contributed by atoms with Gasteiger partial charge in [0, 0.05) is 19.1 Å². The second-order valence-corrected chi connectivity index (χ2v) is 5.45. The molecule has 0 aliphatic carbocycles. The molecular formula is C15H24N2O2. The molecule has 19 heavy (non-hydrogen) atoms. The van der Waals surface area contributed by atoms with Crippen LogP contribution in [0.5, 0.6) is 11.5 Å². The quantitative estimate of drug-likeness (QED) is 0.857. The first-order valence-electron chi connectivity index (χ1n) is 6.93. The zero-order valence-electron chi connectivity index (χ0n) is 12.1. The van der Waals surface area contributed by atoms with Gasteiger partial charge in [0.1, 0.15) is 0 Å². The van der Waals surface area contributed by atoms with Gasteiger partial charge >= 0.3 is 0 Å². The molecule has 2 rings (SSSR count). The summed E-state index contributed by atoms with van der Waals surface area (Å²) in [6, 6.07) is 5.95. The molecule has 0 amide bonds. The van der Waals surface area contributed by atoms with Crippen LogP contribution in [0, 0.1) is 5.92 Å². The SMILES string of the molecule is CCC(C)CN(C)CC(N)c1ccc2c(c1)OCO2. The van der Waals surface area contributed by atoms with Gasteiger partial charge in [-0.2, -0.15) is 0 Å². The molecule has 1 aromatic rings. The molecular weight excluding hydrogens is 240 g/mol. The largest absolute Gasteiger partial charge is 0.454 e. The zero-order chi connectivity index (χ0) is 13.8. The number of nitrogens with two attached hydrogens (primary N) is 1. The first-order valence-corrected chi connectivity index (χ1v) is 6.93. The normalized spacial score (nSPS) is 16.7. The van der Waals surface area contributed by atoms with Crippen LogP contribution in [0.4, 0.5) is 0 Å². The highest BCUT2D eigenvalue weighted by molar-refractivity contribution is 5.45. The molecule has 106 valence electrons. The van der Waals surface area contributed by atoms with Crippen LogP contribution in [0.3, 0.4) is 0 Å². The maximum atomic E-state index is 6.27. The van der Waals surface area contributed by atoms with Crippen molar-refractivity contribution in [1.29, 1.82) is 0 Å². The Labute approximate surface area is 115 Å². The van der Waals surface area contributed by atoms with Gasteiger partial charge in [0.25, 0.3) is 0 Å². The molecule has 0 aromatic heterocycles. The van der Waals surface area contributed by atoms with Crippen LogP contribution in [0.2, 0.25) is 0 Å². The molecule has 4 heteroatoms. The van der Waals surface area contributed by atoms with Gasteiger partial charge in [0.2, 0.25) is 6.79 Å². The molecule has 1 aliphatic heterocycles. The molecule has 0 saturated carbocycles. The minimum atomic E-state index is 0.00329. The molecule has 0 fully saturated rings. The lowest BCUT2D eigenvalue weighted by atomic mass is 10.1. The highest BCUT2D eigenvalue weighted by atomic mass is 16.7. The first kappa shape index (κ1) is 14.2. The van der Waals surface area contributed by atoms with Crippen molar-refractivity contribution >= 4 is 0 Å². The Morgan fingerprint density at radius 2 is 2.00 bits per heavy atom. The third-order valence-corrected chi connectivity index (χ3v) is 3.65. The first-order chi connectivity index (χ1) is 9.10. The standard InChI is InChI=1S/C15H24N2O2/c1-4-11(2)8-17(3)9-13(16)12-5-6-14-15(7-12)19-10-18-14/h5-7,11,13H,4,8-10,16H2,1-3H3. The summed E-state index contributed by atoms with van der Waals surface area (Å²) in [5.74, 6) is 2.32. The fourth-order valence-corrected chi connectivity index (χ4v) is 2.32. The molecule has 1 heterocycles. The van der Waals surface area contributed by atoms with Crippen LogP contribution in [-0.4, -0.2) is 31.8 Å². The van der Waals surface area contributed by atoms with Crippen molar-refractivity contribution < 1.29 is 9.47 Å². The molecule has 1 aliphatic rings. The number of hydrogen-bond donors (Lipinski definition) is 1. The number of rotatable bonds is 6. The van der Waals surface area contributed by atoms with Gasteiger partial charge in [0.15, 0.2) is 11.5 Å². The Bertz CT molecular complexity index is 423. The number of fused-ring (bicyclic) bond motifs is 1. The molecule has 0 radical (unpaired) electrons. The van der Waals surface area contributed by atoms with Gasteiger partial charge in [-0.05, 0) is 30.7 Å². The molecule has 0 spiro atoms. The lowest BCUT2D eigenvalue weighted by Gasteiger charge is -2.24. The van der Waals surface area contributed by atoms with Crippen molar-refractivity contribution in [2.24, 2.45) is 11.7 Å². The second-order valence-electron chi connectivity index (χ2n) is 5.45. The van der Waals surface area contributed by atoms with E-state index in [1.165, 1.54) is 6.42 Å². The van der Waals surface area contributed by atoms with Gasteiger partial charge in [0.05, 0.1) is 0 Å². The van der Waals surface area contributed by atoms with Gasteiger partial charge in [-0.25, -0.2) is 0 Å². The molecule has 0 saturated heterocycles. The van der Waals surface area contributed by atoms with Gasteiger partial charge in [-0.3, -0.25) is 0 Å². The molecule has 1 aromatic carbocycles. The second kappa shape index (κ2) is 6.26. The van der Waals surface area contributed by atoms with Crippen molar-refractivity contribution in [2.45, 2.75) is 26.3 Å². The Kier molecular flexibility index (Phi) is 4.66. The lowest BCUT2D eigenvalue weighted by molar-refractivity contribution is 0.174. The Morgan fingerprint density at radius 3 is 2.74 bits per heavy atom. The summed E-state index contributed by atoms with van der Waals surface area (Å²) >= 11 is 0. The summed E-state index contributed by atoms with van der Waals surface area (Å²) in [5.41, 5.74) is 7.37. The highest BCUT2D eigenvalue weighted by Gasteiger charge is 2.17. The molecule has 2 N–H and O–H groups in total. The summed E-state index contributed by atoms with van der Waals surface area (Å²) in [5, 5.41) is 0. The van der Waals surface area contributed by atoms with E-state index in [9.17, 15) is 0 Å². The number of nitrogens with zero attached hydrogens (tertiary/aromatic N) is 1. The van der Waals surface area contributed by atoms with Crippen molar-refractivity contribution in [2.75, 3.05) is 26.9 Å². The minimum absolute atomic E-state index is 0.00329. The molecule has 4 nitrogen and oxygen atoms in total. The van der Waals surface area contributed by atoms with Crippen molar-refractivity contribution in [3.63, 3.8) is 0 Å². The van der Waals surface area contributed by atoms with Crippen LogP contribution in [0.1, 0.15) is 31.9 Å². The number of hydrogen-bond acceptors (Lipinski definition) is 4. The maximum absolute atomic E-state index is 6.27. The van der Waals surface area contributed by atoms with E-state index in [4.69, 9.17) is 15.2 Å². The maximum Gasteiger partial charge on any atom is 0.231 e. The van der Waals surface area contributed by atoms with E-state index in [-0.39, 0.29) is 6.04 Å². The smallest absolute Gasteiger partial charge is 0.231 e. The van der Waals surface area contributed by atoms with E-state index in [0.717, 1.165) is 30.2 Å². The topological polar surface area (TPSA) is 47.7 Å². The minimum Gasteiger partial charge on any atom is -0.454 e. The average molecular weight is 264 g/mol. The van der Waals surface area contributed by atoms with Gasteiger partial charge < -0.3 is 20.1 Å². The Hall–Kier alpha value is -1.26. The molecule has 0 bridgehead atoms. The Morgan fingerprint density at radius 1 is 1.26 bits per heavy atom. The van der Waals surface area contributed by atoms with Gasteiger partial charge in [-0.1, -0.05) is 26.3 Å². The van der Waals surface area contributed by atoms with E-state index >= 15 is 0 Å². The van der Waals surface area contributed by atoms with E-state index in [2.05, 4.69) is 25.8 Å². The summed E-state index contributed by atoms with van der Waals surface area (Å²) in [6.45, 7) is 6.72. The van der Waals surface area contributed by atoms with E-state index in [0.29, 0.717) is 12.7 Å². The van der Waals surface area contributed by atoms with Crippen molar-refractivity contribution in [3.8, 4) is 11.5 Å². The number of ether oxygens (including phenoxy) is 2. The van der Waals surface area contributed by atoms with Crippen LogP contribution in [0.15, 0.2) is 18.2 Å². The van der Waals surface area contributed by atoms with Crippen molar-refractivity contribution in [1.82, 2.24) is 4.90 Å². The van der Waals surface area contributed by atoms with Gasteiger partial charge in [-0.15, -0.1) is 0 Å². The van der Waals surface area contributed by atoms with Crippen LogP contribution in [0.25, 0.3) is 0 Å². The summed E-state index contributed by atoms with van der Waals surface area (Å²) in [7, 11) is 2.12. The van der Waals surface area contributed by atoms with E-state index in [1.807, 2.05) is 18.2 Å². The average Bonchev–Trinajstić information content (AvgIpc) is 2.85. The summed E-state index contributed by atoms with van der Waals surface area (Å²) in [6.07, 6.45) is 1.20. The number of likely N-dealkylation sites (N-methyl/N-ethyl adjacent to an activating group) is 1. The fraction of sp³-hybridized carbons (Fsp3) is 0.600. The van der Waals surface area contributed by atoms with Crippen LogP contribution < -0.4 is 15.2 Å². The summed E-state index contributed by atoms with van der Waals surface area (Å²) in [4.78, 5) is 2.30. The molecule has 2 unspecified atom stereocenters. The third-order valence-electron chi connectivity index (χ3n) is 3.65. The van der Waals surface area contributed by atoms with E-state index in [1.54, 1.807) is 0 Å². The number of benzene rings is 1. The van der Waals surface area contributed by atoms with Crippen molar-refractivity contribution in [3.05, 3.63) is 23.8 Å². The molecule has 2 atom stereocenters. The highest BCUT2D eigenvalue weighted by Crippen LogP contribution is 2.33.